The average molecular weight is 431 g/mol. The van der Waals surface area contributed by atoms with Crippen molar-refractivity contribution >= 4 is 22.6 Å². The second-order valence-corrected chi connectivity index (χ2v) is 7.38. The summed E-state index contributed by atoms with van der Waals surface area (Å²) in [7, 11) is 1.55. The monoisotopic (exact) mass is 431 g/mol. The Hall–Kier alpha value is -3.47. The molecule has 1 unspecified atom stereocenters. The standard InChI is InChI=1S/C20H16F3N5O3/c1-28(15-8-31-16-3-17(20(21,22)23)26-4-10(15)16)19(29)13-2-9-11-6-30-7-12(11)18(24)27-14(9)5-25-13/h2-5,15H,6-8H2,1H3,(H2,24,27). The van der Waals surface area contributed by atoms with Crippen LogP contribution in [-0.2, 0) is 24.1 Å². The maximum Gasteiger partial charge on any atom is 0.433 e. The van der Waals surface area contributed by atoms with Gasteiger partial charge in [0, 0.05) is 35.8 Å². The maximum atomic E-state index is 13.1. The van der Waals surface area contributed by atoms with E-state index in [2.05, 4.69) is 15.0 Å². The third kappa shape index (κ3) is 3.12. The topological polar surface area (TPSA) is 103 Å². The van der Waals surface area contributed by atoms with Crippen molar-refractivity contribution in [2.45, 2.75) is 25.4 Å². The van der Waals surface area contributed by atoms with E-state index >= 15 is 0 Å². The largest absolute Gasteiger partial charge is 0.491 e. The number of rotatable bonds is 2. The lowest BCUT2D eigenvalue weighted by molar-refractivity contribution is -0.141. The smallest absolute Gasteiger partial charge is 0.433 e. The van der Waals surface area contributed by atoms with Gasteiger partial charge in [0.2, 0.25) is 0 Å². The number of nitrogens with two attached hydrogens (primary N) is 1. The van der Waals surface area contributed by atoms with Crippen LogP contribution in [0.25, 0.3) is 10.9 Å². The summed E-state index contributed by atoms with van der Waals surface area (Å²) >= 11 is 0. The van der Waals surface area contributed by atoms with E-state index < -0.39 is 23.8 Å². The summed E-state index contributed by atoms with van der Waals surface area (Å²) in [4.78, 5) is 26.5. The van der Waals surface area contributed by atoms with Crippen LogP contribution >= 0.6 is 0 Å². The van der Waals surface area contributed by atoms with Crippen molar-refractivity contribution < 1.29 is 27.4 Å². The fourth-order valence-corrected chi connectivity index (χ4v) is 3.87. The molecule has 1 amide bonds. The zero-order valence-corrected chi connectivity index (χ0v) is 16.2. The second kappa shape index (κ2) is 6.77. The van der Waals surface area contributed by atoms with Crippen LogP contribution in [0.15, 0.2) is 24.5 Å². The van der Waals surface area contributed by atoms with Crippen LogP contribution in [0.4, 0.5) is 19.0 Å². The van der Waals surface area contributed by atoms with E-state index in [1.54, 1.807) is 13.1 Å². The number of aromatic nitrogens is 3. The summed E-state index contributed by atoms with van der Waals surface area (Å²) in [6.07, 6.45) is -2.00. The summed E-state index contributed by atoms with van der Waals surface area (Å²) in [6.45, 7) is 0.747. The van der Waals surface area contributed by atoms with Crippen LogP contribution in [0.1, 0.15) is 38.9 Å². The molecule has 160 valence electrons. The Morgan fingerprint density at radius 3 is 2.74 bits per heavy atom. The molecule has 2 N–H and O–H groups in total. The Kier molecular flexibility index (Phi) is 4.26. The second-order valence-electron chi connectivity index (χ2n) is 7.38. The molecule has 8 nitrogen and oxygen atoms in total. The van der Waals surface area contributed by atoms with Gasteiger partial charge in [-0.25, -0.2) is 9.97 Å². The first-order valence-corrected chi connectivity index (χ1v) is 9.36. The first-order valence-electron chi connectivity index (χ1n) is 9.36. The van der Waals surface area contributed by atoms with E-state index in [9.17, 15) is 18.0 Å². The molecule has 0 saturated carbocycles. The third-order valence-electron chi connectivity index (χ3n) is 5.56. The first-order chi connectivity index (χ1) is 14.7. The van der Waals surface area contributed by atoms with Gasteiger partial charge in [0.1, 0.15) is 29.6 Å². The van der Waals surface area contributed by atoms with Crippen LogP contribution in [-0.4, -0.2) is 39.4 Å². The van der Waals surface area contributed by atoms with E-state index in [-0.39, 0.29) is 18.1 Å². The van der Waals surface area contributed by atoms with Crippen LogP contribution in [0.5, 0.6) is 5.75 Å². The highest BCUT2D eigenvalue weighted by molar-refractivity contribution is 5.97. The predicted octanol–water partition coefficient (Wildman–Crippen LogP) is 2.86. The SMILES string of the molecule is CN(C(=O)c1cc2c3c(c(N)nc2cn1)COC3)C1COc2cc(C(F)(F)F)ncc21. The van der Waals surface area contributed by atoms with E-state index in [0.717, 1.165) is 28.8 Å². The van der Waals surface area contributed by atoms with Gasteiger partial charge in [0.25, 0.3) is 5.91 Å². The Morgan fingerprint density at radius 1 is 1.19 bits per heavy atom. The predicted molar refractivity (Wildman–Crippen MR) is 102 cm³/mol. The molecule has 2 aliphatic heterocycles. The van der Waals surface area contributed by atoms with Gasteiger partial charge in [-0.1, -0.05) is 0 Å². The Labute approximate surface area is 173 Å². The summed E-state index contributed by atoms with van der Waals surface area (Å²) in [5.74, 6) is 0.0317. The number of carbonyl (C=O) groups is 1. The van der Waals surface area contributed by atoms with Crippen molar-refractivity contribution in [3.63, 3.8) is 0 Å². The molecule has 0 saturated heterocycles. The van der Waals surface area contributed by atoms with Crippen molar-refractivity contribution in [2.75, 3.05) is 19.4 Å². The highest BCUT2D eigenvalue weighted by atomic mass is 19.4. The minimum atomic E-state index is -4.57. The van der Waals surface area contributed by atoms with E-state index in [1.165, 1.54) is 11.1 Å². The van der Waals surface area contributed by atoms with E-state index in [1.807, 2.05) is 0 Å². The number of nitrogens with zero attached hydrogens (tertiary/aromatic N) is 4. The number of hydrogen-bond donors (Lipinski definition) is 1. The summed E-state index contributed by atoms with van der Waals surface area (Å²) in [6, 6.07) is 1.89. The number of fused-ring (bicyclic) bond motifs is 4. The molecular formula is C20H16F3N5O3. The van der Waals surface area contributed by atoms with Gasteiger partial charge in [0.05, 0.1) is 31.0 Å². The number of anilines is 1. The van der Waals surface area contributed by atoms with Gasteiger partial charge >= 0.3 is 6.18 Å². The number of alkyl halides is 3. The Balaban J connectivity index is 1.47. The highest BCUT2D eigenvalue weighted by Crippen LogP contribution is 2.39. The van der Waals surface area contributed by atoms with Gasteiger partial charge in [-0.2, -0.15) is 13.2 Å². The van der Waals surface area contributed by atoms with Crippen molar-refractivity contribution in [3.8, 4) is 5.75 Å². The molecule has 5 heterocycles. The molecule has 1 atom stereocenters. The fraction of sp³-hybridized carbons (Fsp3) is 0.300. The molecule has 0 aromatic carbocycles. The molecule has 0 bridgehead atoms. The minimum absolute atomic E-state index is 0.0233. The van der Waals surface area contributed by atoms with Gasteiger partial charge < -0.3 is 20.1 Å². The summed E-state index contributed by atoms with van der Waals surface area (Å²) < 4.78 is 49.6. The lowest BCUT2D eigenvalue weighted by Gasteiger charge is -2.23. The molecular weight excluding hydrogens is 415 g/mol. The van der Waals surface area contributed by atoms with Gasteiger partial charge in [-0.05, 0) is 11.6 Å². The number of amides is 1. The fourth-order valence-electron chi connectivity index (χ4n) is 3.87. The molecule has 5 rings (SSSR count). The molecule has 31 heavy (non-hydrogen) atoms. The lowest BCUT2D eigenvalue weighted by Crippen LogP contribution is -2.32. The molecule has 2 aliphatic rings. The van der Waals surface area contributed by atoms with Crippen LogP contribution < -0.4 is 10.5 Å². The number of ether oxygens (including phenoxy) is 2. The number of likely N-dealkylation sites (N-methyl/N-ethyl adjacent to an activating group) is 1. The molecule has 3 aromatic rings. The van der Waals surface area contributed by atoms with Crippen LogP contribution in [0.3, 0.4) is 0 Å². The molecule has 3 aromatic heterocycles. The quantitative estimate of drug-likeness (QED) is 0.666. The summed E-state index contributed by atoms with van der Waals surface area (Å²) in [5, 5.41) is 0.730. The van der Waals surface area contributed by atoms with Crippen molar-refractivity contribution in [2.24, 2.45) is 0 Å². The minimum Gasteiger partial charge on any atom is -0.491 e. The summed E-state index contributed by atoms with van der Waals surface area (Å²) in [5.41, 5.74) is 7.74. The normalized spacial score (nSPS) is 17.4. The number of hydrogen-bond acceptors (Lipinski definition) is 7. The molecule has 11 heteroatoms. The number of halogens is 3. The van der Waals surface area contributed by atoms with Crippen molar-refractivity contribution in [3.05, 3.63) is 52.6 Å². The van der Waals surface area contributed by atoms with Crippen molar-refractivity contribution in [1.29, 1.82) is 0 Å². The number of pyridine rings is 3. The maximum absolute atomic E-state index is 13.1. The van der Waals surface area contributed by atoms with Crippen LogP contribution in [0.2, 0.25) is 0 Å². The Bertz CT molecular complexity index is 1230. The van der Waals surface area contributed by atoms with E-state index in [4.69, 9.17) is 15.2 Å². The average Bonchev–Trinajstić information content (AvgIpc) is 3.39. The van der Waals surface area contributed by atoms with E-state index in [0.29, 0.717) is 30.1 Å². The molecule has 0 spiro atoms. The molecule has 0 fully saturated rings. The highest BCUT2D eigenvalue weighted by Gasteiger charge is 2.37. The van der Waals surface area contributed by atoms with Gasteiger partial charge in [0.15, 0.2) is 0 Å². The number of carbonyl (C=O) groups excluding carboxylic acids is 1. The third-order valence-corrected chi connectivity index (χ3v) is 5.56. The van der Waals surface area contributed by atoms with Gasteiger partial charge in [-0.15, -0.1) is 0 Å². The molecule has 0 aliphatic carbocycles. The lowest BCUT2D eigenvalue weighted by atomic mass is 10.0. The zero-order chi connectivity index (χ0) is 21.9. The number of nitrogen functional groups attached to an aromatic ring is 1. The van der Waals surface area contributed by atoms with Gasteiger partial charge in [-0.3, -0.25) is 9.78 Å². The zero-order valence-electron chi connectivity index (χ0n) is 16.2. The first kappa shape index (κ1) is 19.5. The Morgan fingerprint density at radius 2 is 1.97 bits per heavy atom. The van der Waals surface area contributed by atoms with Crippen LogP contribution in [0, 0.1) is 0 Å². The molecule has 0 radical (unpaired) electrons. The van der Waals surface area contributed by atoms with Crippen molar-refractivity contribution in [1.82, 2.24) is 19.9 Å².